The molecule has 0 amide bonds. The summed E-state index contributed by atoms with van der Waals surface area (Å²) in [4.78, 5) is 15.7. The second kappa shape index (κ2) is 10.1. The molecule has 146 valence electrons. The Morgan fingerprint density at radius 1 is 0.821 bits per heavy atom. The van der Waals surface area contributed by atoms with Crippen LogP contribution in [0.25, 0.3) is 0 Å². The molecule has 0 saturated carbocycles. The minimum Gasteiger partial charge on any atom is -0.492 e. The highest BCUT2D eigenvalue weighted by molar-refractivity contribution is 5.55. The minimum atomic E-state index is 0.509. The fraction of sp³-hybridized carbons (Fsp3) is 0.286. The average molecular weight is 378 g/mol. The fourth-order valence-corrected chi connectivity index (χ4v) is 2.65. The Balaban J connectivity index is 1.69. The van der Waals surface area contributed by atoms with Gasteiger partial charge < -0.3 is 20.3 Å². The highest BCUT2D eigenvalue weighted by atomic mass is 16.5. The van der Waals surface area contributed by atoms with E-state index in [4.69, 9.17) is 4.74 Å². The zero-order chi connectivity index (χ0) is 19.6. The Labute approximate surface area is 165 Å². The number of anilines is 4. The predicted molar refractivity (Wildman–Crippen MR) is 114 cm³/mol. The van der Waals surface area contributed by atoms with Crippen molar-refractivity contribution >= 4 is 23.5 Å². The summed E-state index contributed by atoms with van der Waals surface area (Å²) in [6, 6.07) is 19.6. The maximum atomic E-state index is 5.71. The third kappa shape index (κ3) is 5.57. The van der Waals surface area contributed by atoms with E-state index in [9.17, 15) is 0 Å². The molecule has 2 N–H and O–H groups in total. The summed E-state index contributed by atoms with van der Waals surface area (Å²) < 4.78 is 5.71. The summed E-state index contributed by atoms with van der Waals surface area (Å²) in [6.45, 7) is 6.90. The summed E-state index contributed by atoms with van der Waals surface area (Å²) >= 11 is 0. The number of hydrogen-bond donors (Lipinski definition) is 2. The van der Waals surface area contributed by atoms with E-state index in [1.807, 2.05) is 60.7 Å². The van der Waals surface area contributed by atoms with Crippen LogP contribution in [0.2, 0.25) is 0 Å². The van der Waals surface area contributed by atoms with E-state index in [1.165, 1.54) is 0 Å². The van der Waals surface area contributed by atoms with Crippen LogP contribution >= 0.6 is 0 Å². The van der Waals surface area contributed by atoms with Crippen LogP contribution in [0.5, 0.6) is 5.75 Å². The molecule has 0 fully saturated rings. The molecule has 2 aromatic carbocycles. The van der Waals surface area contributed by atoms with Crippen LogP contribution in [0, 0.1) is 0 Å². The molecule has 28 heavy (non-hydrogen) atoms. The molecule has 0 aliphatic heterocycles. The Morgan fingerprint density at radius 2 is 1.46 bits per heavy atom. The molecule has 0 atom stereocenters. The summed E-state index contributed by atoms with van der Waals surface area (Å²) in [5.41, 5.74) is 0.928. The van der Waals surface area contributed by atoms with Crippen molar-refractivity contribution in [3.63, 3.8) is 0 Å². The van der Waals surface area contributed by atoms with Gasteiger partial charge in [-0.25, -0.2) is 0 Å². The number of ether oxygens (including phenoxy) is 1. The Kier molecular flexibility index (Phi) is 7.01. The van der Waals surface area contributed by atoms with Crippen molar-refractivity contribution in [3.8, 4) is 5.75 Å². The molecule has 0 bridgehead atoms. The first kappa shape index (κ1) is 19.4. The standard InChI is InChI=1S/C21H26N6O/c1-3-27(4-2)21-25-19(22-15-16-28-18-13-9-6-10-14-18)24-20(26-21)23-17-11-7-5-8-12-17/h5-14H,3-4,15-16H2,1-2H3,(H2,22,23,24,25,26). The molecule has 0 unspecified atom stereocenters. The van der Waals surface area contributed by atoms with Gasteiger partial charge >= 0.3 is 0 Å². The highest BCUT2D eigenvalue weighted by Crippen LogP contribution is 2.17. The van der Waals surface area contributed by atoms with Crippen LogP contribution in [-0.2, 0) is 0 Å². The highest BCUT2D eigenvalue weighted by Gasteiger charge is 2.11. The summed E-state index contributed by atoms with van der Waals surface area (Å²) in [5, 5.41) is 6.47. The van der Waals surface area contributed by atoms with Crippen molar-refractivity contribution in [2.45, 2.75) is 13.8 Å². The molecule has 7 heteroatoms. The van der Waals surface area contributed by atoms with Gasteiger partial charge in [0.1, 0.15) is 12.4 Å². The molecule has 0 aliphatic rings. The quantitative estimate of drug-likeness (QED) is 0.517. The molecule has 3 aromatic rings. The van der Waals surface area contributed by atoms with Crippen LogP contribution in [0.4, 0.5) is 23.5 Å². The first-order valence-electron chi connectivity index (χ1n) is 9.53. The molecule has 0 saturated heterocycles. The molecule has 1 heterocycles. The maximum Gasteiger partial charge on any atom is 0.233 e. The lowest BCUT2D eigenvalue weighted by Gasteiger charge is -2.20. The van der Waals surface area contributed by atoms with Gasteiger partial charge in [0, 0.05) is 18.8 Å². The lowest BCUT2D eigenvalue weighted by atomic mass is 10.3. The summed E-state index contributed by atoms with van der Waals surface area (Å²) in [7, 11) is 0. The van der Waals surface area contributed by atoms with E-state index in [0.29, 0.717) is 31.0 Å². The second-order valence-corrected chi connectivity index (χ2v) is 6.03. The molecular formula is C21H26N6O. The normalized spacial score (nSPS) is 10.4. The lowest BCUT2D eigenvalue weighted by Crippen LogP contribution is -2.25. The number of para-hydroxylation sites is 2. The first-order chi connectivity index (χ1) is 13.8. The van der Waals surface area contributed by atoms with Gasteiger partial charge in [-0.05, 0) is 38.1 Å². The molecule has 3 rings (SSSR count). The summed E-state index contributed by atoms with van der Waals surface area (Å²) in [5.74, 6) is 2.52. The maximum absolute atomic E-state index is 5.71. The summed E-state index contributed by atoms with van der Waals surface area (Å²) in [6.07, 6.45) is 0. The van der Waals surface area contributed by atoms with Crippen molar-refractivity contribution in [2.75, 3.05) is 41.8 Å². The number of nitrogens with one attached hydrogen (secondary N) is 2. The average Bonchev–Trinajstić information content (AvgIpc) is 2.74. The number of benzene rings is 2. The second-order valence-electron chi connectivity index (χ2n) is 6.03. The largest absolute Gasteiger partial charge is 0.492 e. The van der Waals surface area contributed by atoms with E-state index < -0.39 is 0 Å². The third-order valence-electron chi connectivity index (χ3n) is 4.10. The van der Waals surface area contributed by atoms with E-state index >= 15 is 0 Å². The Hall–Kier alpha value is -3.35. The Morgan fingerprint density at radius 3 is 2.14 bits per heavy atom. The van der Waals surface area contributed by atoms with Gasteiger partial charge in [-0.15, -0.1) is 0 Å². The number of rotatable bonds is 10. The molecule has 0 radical (unpaired) electrons. The molecule has 1 aromatic heterocycles. The van der Waals surface area contributed by atoms with Crippen LogP contribution in [0.1, 0.15) is 13.8 Å². The van der Waals surface area contributed by atoms with Crippen molar-refractivity contribution in [1.29, 1.82) is 0 Å². The van der Waals surface area contributed by atoms with Gasteiger partial charge in [-0.3, -0.25) is 0 Å². The molecule has 7 nitrogen and oxygen atoms in total. The van der Waals surface area contributed by atoms with E-state index in [0.717, 1.165) is 24.5 Å². The van der Waals surface area contributed by atoms with Gasteiger partial charge in [0.05, 0.1) is 6.54 Å². The monoisotopic (exact) mass is 378 g/mol. The van der Waals surface area contributed by atoms with Gasteiger partial charge in [-0.1, -0.05) is 36.4 Å². The van der Waals surface area contributed by atoms with Crippen molar-refractivity contribution in [1.82, 2.24) is 15.0 Å². The van der Waals surface area contributed by atoms with Crippen LogP contribution in [0.3, 0.4) is 0 Å². The van der Waals surface area contributed by atoms with E-state index in [2.05, 4.69) is 44.3 Å². The minimum absolute atomic E-state index is 0.509. The lowest BCUT2D eigenvalue weighted by molar-refractivity contribution is 0.332. The zero-order valence-electron chi connectivity index (χ0n) is 16.3. The van der Waals surface area contributed by atoms with Crippen LogP contribution in [0.15, 0.2) is 60.7 Å². The topological polar surface area (TPSA) is 75.2 Å². The van der Waals surface area contributed by atoms with E-state index in [-0.39, 0.29) is 0 Å². The SMILES string of the molecule is CCN(CC)c1nc(NCCOc2ccccc2)nc(Nc2ccccc2)n1. The van der Waals surface area contributed by atoms with Gasteiger partial charge in [0.15, 0.2) is 0 Å². The van der Waals surface area contributed by atoms with Crippen LogP contribution in [-0.4, -0.2) is 41.2 Å². The first-order valence-corrected chi connectivity index (χ1v) is 9.53. The molecule has 0 spiro atoms. The number of hydrogen-bond acceptors (Lipinski definition) is 7. The smallest absolute Gasteiger partial charge is 0.233 e. The molecule has 0 aliphatic carbocycles. The Bertz CT molecular complexity index is 840. The van der Waals surface area contributed by atoms with Gasteiger partial charge in [0.25, 0.3) is 0 Å². The van der Waals surface area contributed by atoms with Crippen molar-refractivity contribution in [3.05, 3.63) is 60.7 Å². The number of nitrogens with zero attached hydrogens (tertiary/aromatic N) is 4. The zero-order valence-corrected chi connectivity index (χ0v) is 16.3. The van der Waals surface area contributed by atoms with Crippen LogP contribution < -0.4 is 20.3 Å². The van der Waals surface area contributed by atoms with Gasteiger partial charge in [0.2, 0.25) is 17.8 Å². The number of aromatic nitrogens is 3. The van der Waals surface area contributed by atoms with Gasteiger partial charge in [-0.2, -0.15) is 15.0 Å². The van der Waals surface area contributed by atoms with E-state index in [1.54, 1.807) is 0 Å². The predicted octanol–water partition coefficient (Wildman–Crippen LogP) is 3.95. The molecular weight excluding hydrogens is 352 g/mol. The van der Waals surface area contributed by atoms with Crippen molar-refractivity contribution in [2.24, 2.45) is 0 Å². The third-order valence-corrected chi connectivity index (χ3v) is 4.10. The van der Waals surface area contributed by atoms with Crippen molar-refractivity contribution < 1.29 is 4.74 Å². The fourth-order valence-electron chi connectivity index (χ4n) is 2.65.